The number of hydrogen-bond donors (Lipinski definition) is 6. The van der Waals surface area contributed by atoms with E-state index in [0.717, 1.165) is 89.9 Å². The molecule has 1 rings (SSSR count). The Labute approximate surface area is 301 Å². The van der Waals surface area contributed by atoms with Crippen LogP contribution in [0.5, 0.6) is 11.5 Å². The summed E-state index contributed by atoms with van der Waals surface area (Å²) in [5.74, 6) is -0.827. The van der Waals surface area contributed by atoms with Crippen LogP contribution in [0.4, 0.5) is 9.59 Å². The van der Waals surface area contributed by atoms with Gasteiger partial charge in [0, 0.05) is 19.2 Å². The smallest absolute Gasteiger partial charge is 0.333 e. The highest BCUT2D eigenvalue weighted by Crippen LogP contribution is 2.30. The van der Waals surface area contributed by atoms with Crippen molar-refractivity contribution in [3.8, 4) is 11.5 Å². The van der Waals surface area contributed by atoms with Crippen molar-refractivity contribution in [1.82, 2.24) is 32.3 Å². The summed E-state index contributed by atoms with van der Waals surface area (Å²) < 4.78 is 12.2. The second-order valence-electron chi connectivity index (χ2n) is 12.9. The van der Waals surface area contributed by atoms with Gasteiger partial charge in [-0.2, -0.15) is 0 Å². The van der Waals surface area contributed by atoms with Gasteiger partial charge in [-0.1, -0.05) is 130 Å². The molecule has 0 atom stereocenters. The molecule has 286 valence electrons. The first-order chi connectivity index (χ1) is 24.4. The summed E-state index contributed by atoms with van der Waals surface area (Å²) in [5.41, 5.74) is 9.75. The number of hydrazine groups is 2. The van der Waals surface area contributed by atoms with Gasteiger partial charge >= 0.3 is 12.1 Å². The minimum atomic E-state index is -0.654. The molecule has 6 amide bonds. The quantitative estimate of drug-likeness (QED) is 0.0381. The Morgan fingerprint density at radius 2 is 0.780 bits per heavy atom. The van der Waals surface area contributed by atoms with Crippen molar-refractivity contribution in [2.24, 2.45) is 0 Å². The molecule has 0 aliphatic heterocycles. The summed E-state index contributed by atoms with van der Waals surface area (Å²) in [7, 11) is 0. The summed E-state index contributed by atoms with van der Waals surface area (Å²) in [6, 6.07) is 1.86. The molecule has 50 heavy (non-hydrogen) atoms. The van der Waals surface area contributed by atoms with Crippen LogP contribution in [0.2, 0.25) is 0 Å². The number of urea groups is 2. The van der Waals surface area contributed by atoms with E-state index in [1.54, 1.807) is 6.07 Å². The first kappa shape index (κ1) is 44.3. The molecule has 12 heteroatoms. The number of carbonyl (C=O) groups excluding carboxylic acids is 4. The van der Waals surface area contributed by atoms with E-state index >= 15 is 0 Å². The first-order valence-electron chi connectivity index (χ1n) is 19.5. The van der Waals surface area contributed by atoms with Crippen molar-refractivity contribution in [2.45, 2.75) is 156 Å². The molecule has 1 aromatic rings. The minimum Gasteiger partial charge on any atom is -0.493 e. The average Bonchev–Trinajstić information content (AvgIpc) is 3.11. The van der Waals surface area contributed by atoms with Crippen molar-refractivity contribution in [1.29, 1.82) is 0 Å². The second-order valence-corrected chi connectivity index (χ2v) is 12.9. The van der Waals surface area contributed by atoms with Crippen LogP contribution in [0.25, 0.3) is 0 Å². The molecule has 0 radical (unpaired) electrons. The number of unbranched alkanes of at least 4 members (excludes halogenated alkanes) is 16. The summed E-state index contributed by atoms with van der Waals surface area (Å²) in [4.78, 5) is 51.6. The maximum absolute atomic E-state index is 13.4. The SMILES string of the molecule is CCCCCCCCOc1cc(OCCCCCCCC)c(C(=O)NNC(=O)NCCCCCC)cc1C(=O)NNC(=O)NCCCCCC. The monoisotopic (exact) mass is 705 g/mol. The molecular weight excluding hydrogens is 636 g/mol. The van der Waals surface area contributed by atoms with Crippen LogP contribution in [0, 0.1) is 0 Å². The van der Waals surface area contributed by atoms with E-state index < -0.39 is 23.9 Å². The predicted molar refractivity (Wildman–Crippen MR) is 200 cm³/mol. The van der Waals surface area contributed by atoms with Crippen molar-refractivity contribution in [3.63, 3.8) is 0 Å². The molecule has 0 saturated carbocycles. The topological polar surface area (TPSA) is 159 Å². The Morgan fingerprint density at radius 3 is 1.16 bits per heavy atom. The number of rotatable bonds is 28. The Kier molecular flexibility index (Phi) is 26.7. The minimum absolute atomic E-state index is 0.0525. The molecule has 0 saturated heterocycles. The number of benzene rings is 1. The molecule has 0 unspecified atom stereocenters. The molecule has 6 N–H and O–H groups in total. The van der Waals surface area contributed by atoms with E-state index in [-0.39, 0.29) is 22.6 Å². The molecule has 0 spiro atoms. The lowest BCUT2D eigenvalue weighted by atomic mass is 10.1. The Hall–Kier alpha value is -3.70. The van der Waals surface area contributed by atoms with Gasteiger partial charge < -0.3 is 20.1 Å². The second kappa shape index (κ2) is 30.2. The molecular formula is C38H68N6O6. The van der Waals surface area contributed by atoms with Gasteiger partial charge in [-0.3, -0.25) is 20.4 Å². The average molecular weight is 705 g/mol. The standard InChI is InChI=1S/C38H68N6O6/c1-5-9-13-17-19-23-27-49-33-30-34(50-28-24-20-18-14-10-6-2)32(36(46)42-44-38(48)40-26-22-16-12-8-4)29-31(33)35(45)41-43-37(47)39-25-21-15-11-7-3/h29-30H,5-28H2,1-4H3,(H,41,45)(H,42,46)(H2,39,43,47)(H2,40,44,48). The number of nitrogens with one attached hydrogen (secondary N) is 6. The normalized spacial score (nSPS) is 10.6. The van der Waals surface area contributed by atoms with Crippen molar-refractivity contribution >= 4 is 23.9 Å². The summed E-state index contributed by atoms with van der Waals surface area (Å²) in [6.07, 6.45) is 20.9. The fourth-order valence-corrected chi connectivity index (χ4v) is 5.24. The molecule has 0 aromatic heterocycles. The van der Waals surface area contributed by atoms with Gasteiger partial charge in [-0.25, -0.2) is 20.4 Å². The zero-order chi connectivity index (χ0) is 36.7. The van der Waals surface area contributed by atoms with Crippen LogP contribution in [-0.2, 0) is 0 Å². The van der Waals surface area contributed by atoms with Gasteiger partial charge in [0.2, 0.25) is 0 Å². The Bertz CT molecular complexity index is 1010. The summed E-state index contributed by atoms with van der Waals surface area (Å²) in [5, 5.41) is 5.47. The van der Waals surface area contributed by atoms with Gasteiger partial charge in [0.15, 0.2) is 0 Å². The van der Waals surface area contributed by atoms with E-state index in [2.05, 4.69) is 60.0 Å². The number of hydrogen-bond acceptors (Lipinski definition) is 6. The van der Waals surface area contributed by atoms with Gasteiger partial charge in [0.05, 0.1) is 24.3 Å². The molecule has 0 bridgehead atoms. The van der Waals surface area contributed by atoms with Crippen LogP contribution >= 0.6 is 0 Å². The first-order valence-corrected chi connectivity index (χ1v) is 19.5. The van der Waals surface area contributed by atoms with Gasteiger partial charge in [-0.05, 0) is 31.7 Å². The fraction of sp³-hybridized carbons (Fsp3) is 0.737. The maximum atomic E-state index is 13.4. The highest BCUT2D eigenvalue weighted by atomic mass is 16.5. The Morgan fingerprint density at radius 1 is 0.440 bits per heavy atom. The summed E-state index contributed by atoms with van der Waals surface area (Å²) in [6.45, 7) is 10.3. The molecule has 12 nitrogen and oxygen atoms in total. The lowest BCUT2D eigenvalue weighted by Gasteiger charge is -2.18. The summed E-state index contributed by atoms with van der Waals surface area (Å²) >= 11 is 0. The third kappa shape index (κ3) is 21.4. The zero-order valence-electron chi connectivity index (χ0n) is 31.6. The third-order valence-corrected chi connectivity index (χ3v) is 8.29. The van der Waals surface area contributed by atoms with E-state index in [4.69, 9.17) is 9.47 Å². The third-order valence-electron chi connectivity index (χ3n) is 8.29. The zero-order valence-corrected chi connectivity index (χ0v) is 31.6. The fourth-order valence-electron chi connectivity index (χ4n) is 5.24. The lowest BCUT2D eigenvalue weighted by molar-refractivity contribution is 0.0930. The molecule has 0 aliphatic carbocycles. The van der Waals surface area contributed by atoms with Crippen molar-refractivity contribution in [3.05, 3.63) is 23.3 Å². The number of carbonyl (C=O) groups is 4. The van der Waals surface area contributed by atoms with Gasteiger partial charge in [-0.15, -0.1) is 0 Å². The molecule has 0 aliphatic rings. The van der Waals surface area contributed by atoms with E-state index in [1.807, 2.05) is 0 Å². The van der Waals surface area contributed by atoms with Crippen LogP contribution in [0.3, 0.4) is 0 Å². The predicted octanol–water partition coefficient (Wildman–Crippen LogP) is 8.21. The maximum Gasteiger partial charge on any atom is 0.333 e. The van der Waals surface area contributed by atoms with Crippen LogP contribution < -0.4 is 41.8 Å². The molecule has 1 aromatic carbocycles. The highest BCUT2D eigenvalue weighted by Gasteiger charge is 2.23. The lowest BCUT2D eigenvalue weighted by Crippen LogP contribution is -2.47. The van der Waals surface area contributed by atoms with E-state index in [0.29, 0.717) is 26.3 Å². The highest BCUT2D eigenvalue weighted by molar-refractivity contribution is 6.04. The Balaban J connectivity index is 3.13. The largest absolute Gasteiger partial charge is 0.493 e. The van der Waals surface area contributed by atoms with Crippen molar-refractivity contribution < 1.29 is 28.7 Å². The number of amides is 6. The van der Waals surface area contributed by atoms with Gasteiger partial charge in [0.1, 0.15) is 11.5 Å². The van der Waals surface area contributed by atoms with Crippen molar-refractivity contribution in [2.75, 3.05) is 26.3 Å². The van der Waals surface area contributed by atoms with Gasteiger partial charge in [0.25, 0.3) is 11.8 Å². The van der Waals surface area contributed by atoms with E-state index in [1.165, 1.54) is 44.6 Å². The van der Waals surface area contributed by atoms with Crippen LogP contribution in [-0.4, -0.2) is 50.2 Å². The molecule has 0 fully saturated rings. The number of ether oxygens (including phenoxy) is 2. The molecule has 0 heterocycles. The van der Waals surface area contributed by atoms with Crippen LogP contribution in [0.15, 0.2) is 12.1 Å². The van der Waals surface area contributed by atoms with Crippen LogP contribution in [0.1, 0.15) is 177 Å². The van der Waals surface area contributed by atoms with E-state index in [9.17, 15) is 19.2 Å².